The van der Waals surface area contributed by atoms with Gasteiger partial charge in [-0.2, -0.15) is 5.10 Å². The van der Waals surface area contributed by atoms with Gasteiger partial charge in [0, 0.05) is 31.4 Å². The summed E-state index contributed by atoms with van der Waals surface area (Å²) in [5.74, 6) is 0.687. The molecule has 132 valence electrons. The molecule has 2 aromatic rings. The minimum Gasteiger partial charge on any atom is -0.353 e. The Morgan fingerprint density at radius 3 is 2.84 bits per heavy atom. The van der Waals surface area contributed by atoms with Crippen molar-refractivity contribution in [3.63, 3.8) is 0 Å². The van der Waals surface area contributed by atoms with Crippen molar-refractivity contribution in [1.29, 1.82) is 0 Å². The SMILES string of the molecule is Cc1ccn(CC(=O)N[C@H]2CCCN(c3ccc(C)nn3)C2)c(=O)c1. The van der Waals surface area contributed by atoms with Crippen molar-refractivity contribution in [2.45, 2.75) is 39.3 Å². The second-order valence-electron chi connectivity index (χ2n) is 6.56. The van der Waals surface area contributed by atoms with E-state index in [4.69, 9.17) is 0 Å². The summed E-state index contributed by atoms with van der Waals surface area (Å²) in [6.07, 6.45) is 3.56. The monoisotopic (exact) mass is 341 g/mol. The molecule has 0 unspecified atom stereocenters. The molecule has 1 aliphatic heterocycles. The molecule has 1 N–H and O–H groups in total. The van der Waals surface area contributed by atoms with Crippen LogP contribution in [0, 0.1) is 13.8 Å². The number of carbonyl (C=O) groups excluding carboxylic acids is 1. The van der Waals surface area contributed by atoms with Gasteiger partial charge in [0.25, 0.3) is 5.56 Å². The van der Waals surface area contributed by atoms with Gasteiger partial charge in [0.15, 0.2) is 5.82 Å². The van der Waals surface area contributed by atoms with Gasteiger partial charge in [0.05, 0.1) is 5.69 Å². The van der Waals surface area contributed by atoms with E-state index >= 15 is 0 Å². The van der Waals surface area contributed by atoms with Crippen molar-refractivity contribution >= 4 is 11.7 Å². The van der Waals surface area contributed by atoms with E-state index in [9.17, 15) is 9.59 Å². The van der Waals surface area contributed by atoms with Gasteiger partial charge in [-0.1, -0.05) is 0 Å². The average molecular weight is 341 g/mol. The van der Waals surface area contributed by atoms with Crippen molar-refractivity contribution in [1.82, 2.24) is 20.1 Å². The van der Waals surface area contributed by atoms with E-state index in [2.05, 4.69) is 20.4 Å². The number of anilines is 1. The number of piperidine rings is 1. The zero-order chi connectivity index (χ0) is 17.8. The predicted octanol–water partition coefficient (Wildman–Crippen LogP) is 1.04. The topological polar surface area (TPSA) is 80.1 Å². The van der Waals surface area contributed by atoms with Crippen LogP contribution in [0.5, 0.6) is 0 Å². The number of hydrogen-bond acceptors (Lipinski definition) is 5. The summed E-state index contributed by atoms with van der Waals surface area (Å²) in [6.45, 7) is 5.41. The smallest absolute Gasteiger partial charge is 0.251 e. The van der Waals surface area contributed by atoms with E-state index in [0.29, 0.717) is 6.54 Å². The lowest BCUT2D eigenvalue weighted by Gasteiger charge is -2.33. The highest BCUT2D eigenvalue weighted by Crippen LogP contribution is 2.17. The average Bonchev–Trinajstić information content (AvgIpc) is 2.58. The molecular formula is C18H23N5O2. The fourth-order valence-corrected chi connectivity index (χ4v) is 3.03. The van der Waals surface area contributed by atoms with Gasteiger partial charge in [-0.25, -0.2) is 0 Å². The maximum atomic E-state index is 12.3. The predicted molar refractivity (Wildman–Crippen MR) is 95.6 cm³/mol. The fourth-order valence-electron chi connectivity index (χ4n) is 3.03. The van der Waals surface area contributed by atoms with Crippen LogP contribution in [-0.4, -0.2) is 39.8 Å². The number of carbonyl (C=O) groups is 1. The van der Waals surface area contributed by atoms with Gasteiger partial charge >= 0.3 is 0 Å². The molecule has 0 radical (unpaired) electrons. The number of hydrogen-bond donors (Lipinski definition) is 1. The quantitative estimate of drug-likeness (QED) is 0.899. The molecule has 1 atom stereocenters. The third-order valence-corrected chi connectivity index (χ3v) is 4.36. The summed E-state index contributed by atoms with van der Waals surface area (Å²) in [6, 6.07) is 7.30. The van der Waals surface area contributed by atoms with Crippen LogP contribution in [-0.2, 0) is 11.3 Å². The molecular weight excluding hydrogens is 318 g/mol. The Kier molecular flexibility index (Phi) is 5.11. The highest BCUT2D eigenvalue weighted by Gasteiger charge is 2.22. The zero-order valence-corrected chi connectivity index (χ0v) is 14.6. The van der Waals surface area contributed by atoms with Crippen LogP contribution in [0.4, 0.5) is 5.82 Å². The van der Waals surface area contributed by atoms with E-state index in [1.54, 1.807) is 6.20 Å². The Morgan fingerprint density at radius 1 is 1.28 bits per heavy atom. The zero-order valence-electron chi connectivity index (χ0n) is 14.6. The number of amides is 1. The largest absolute Gasteiger partial charge is 0.353 e. The Morgan fingerprint density at radius 2 is 2.12 bits per heavy atom. The normalized spacial score (nSPS) is 17.4. The van der Waals surface area contributed by atoms with Crippen molar-refractivity contribution < 1.29 is 4.79 Å². The van der Waals surface area contributed by atoms with Gasteiger partial charge in [0.1, 0.15) is 6.54 Å². The van der Waals surface area contributed by atoms with Crippen molar-refractivity contribution in [2.24, 2.45) is 0 Å². The Hall–Kier alpha value is -2.70. The van der Waals surface area contributed by atoms with E-state index in [0.717, 1.165) is 36.5 Å². The van der Waals surface area contributed by atoms with Crippen LogP contribution in [0.15, 0.2) is 35.3 Å². The Bertz CT molecular complexity index is 800. The number of nitrogens with zero attached hydrogens (tertiary/aromatic N) is 4. The minimum atomic E-state index is -0.157. The van der Waals surface area contributed by atoms with Crippen LogP contribution >= 0.6 is 0 Å². The summed E-state index contributed by atoms with van der Waals surface area (Å²) >= 11 is 0. The molecule has 7 heteroatoms. The molecule has 0 spiro atoms. The lowest BCUT2D eigenvalue weighted by molar-refractivity contribution is -0.122. The molecule has 2 aromatic heterocycles. The van der Waals surface area contributed by atoms with E-state index in [-0.39, 0.29) is 24.1 Å². The summed E-state index contributed by atoms with van der Waals surface area (Å²) in [5.41, 5.74) is 1.62. The molecule has 0 saturated carbocycles. The number of aromatic nitrogens is 3. The third-order valence-electron chi connectivity index (χ3n) is 4.36. The second kappa shape index (κ2) is 7.46. The van der Waals surface area contributed by atoms with Gasteiger partial charge in [-0.05, 0) is 50.5 Å². The molecule has 7 nitrogen and oxygen atoms in total. The van der Waals surface area contributed by atoms with Crippen molar-refractivity contribution in [2.75, 3.05) is 18.0 Å². The molecule has 3 rings (SSSR count). The minimum absolute atomic E-state index is 0.0416. The first kappa shape index (κ1) is 17.1. The van der Waals surface area contributed by atoms with Gasteiger partial charge in [0.2, 0.25) is 5.91 Å². The Labute approximate surface area is 146 Å². The summed E-state index contributed by atoms with van der Waals surface area (Å²) in [5, 5.41) is 11.3. The van der Waals surface area contributed by atoms with E-state index < -0.39 is 0 Å². The molecule has 1 saturated heterocycles. The summed E-state index contributed by atoms with van der Waals surface area (Å²) < 4.78 is 1.42. The molecule has 1 amide bonds. The van der Waals surface area contributed by atoms with Gasteiger partial charge < -0.3 is 14.8 Å². The van der Waals surface area contributed by atoms with Crippen molar-refractivity contribution in [3.8, 4) is 0 Å². The first-order valence-electron chi connectivity index (χ1n) is 8.53. The molecule has 0 aliphatic carbocycles. The fraction of sp³-hybridized carbons (Fsp3) is 0.444. The number of aryl methyl sites for hydroxylation is 2. The van der Waals surface area contributed by atoms with E-state index in [1.807, 2.05) is 32.0 Å². The number of rotatable bonds is 4. The maximum absolute atomic E-state index is 12.3. The first-order chi connectivity index (χ1) is 12.0. The summed E-state index contributed by atoms with van der Waals surface area (Å²) in [7, 11) is 0. The Balaban J connectivity index is 1.59. The summed E-state index contributed by atoms with van der Waals surface area (Å²) in [4.78, 5) is 26.3. The first-order valence-corrected chi connectivity index (χ1v) is 8.53. The third kappa shape index (κ3) is 4.43. The molecule has 0 bridgehead atoms. The van der Waals surface area contributed by atoms with Crippen LogP contribution in [0.3, 0.4) is 0 Å². The molecule has 25 heavy (non-hydrogen) atoms. The van der Waals surface area contributed by atoms with Gasteiger partial charge in [-0.15, -0.1) is 5.10 Å². The highest BCUT2D eigenvalue weighted by atomic mass is 16.2. The van der Waals surface area contributed by atoms with Crippen molar-refractivity contribution in [3.05, 3.63) is 52.1 Å². The van der Waals surface area contributed by atoms with Gasteiger partial charge in [-0.3, -0.25) is 9.59 Å². The van der Waals surface area contributed by atoms with Crippen LogP contribution in [0.1, 0.15) is 24.1 Å². The van der Waals surface area contributed by atoms with Crippen LogP contribution in [0.2, 0.25) is 0 Å². The molecule has 0 aromatic carbocycles. The lowest BCUT2D eigenvalue weighted by atomic mass is 10.1. The number of pyridine rings is 1. The van der Waals surface area contributed by atoms with Crippen LogP contribution < -0.4 is 15.8 Å². The number of nitrogens with one attached hydrogen (secondary N) is 1. The standard InChI is InChI=1S/C18H23N5O2/c1-13-7-9-23(18(25)10-13)12-17(24)19-15-4-3-8-22(11-15)16-6-5-14(2)20-21-16/h5-7,9-10,15H,3-4,8,11-12H2,1-2H3,(H,19,24)/t15-/m0/s1. The second-order valence-corrected chi connectivity index (χ2v) is 6.56. The highest BCUT2D eigenvalue weighted by molar-refractivity contribution is 5.76. The molecule has 1 aliphatic rings. The molecule has 3 heterocycles. The maximum Gasteiger partial charge on any atom is 0.251 e. The molecule has 1 fully saturated rings. The van der Waals surface area contributed by atoms with Crippen LogP contribution in [0.25, 0.3) is 0 Å². The van der Waals surface area contributed by atoms with E-state index in [1.165, 1.54) is 10.6 Å². The lowest BCUT2D eigenvalue weighted by Crippen LogP contribution is -2.49.